The summed E-state index contributed by atoms with van der Waals surface area (Å²) in [5, 5.41) is 12.0. The van der Waals surface area contributed by atoms with Crippen molar-refractivity contribution in [2.45, 2.75) is 56.8 Å². The highest BCUT2D eigenvalue weighted by atomic mass is 16.5. The van der Waals surface area contributed by atoms with Crippen LogP contribution in [-0.4, -0.2) is 38.5 Å². The van der Waals surface area contributed by atoms with E-state index in [1.165, 1.54) is 6.42 Å². The van der Waals surface area contributed by atoms with Gasteiger partial charge in [0.25, 0.3) is 0 Å². The number of nitrogens with zero attached hydrogens (tertiary/aromatic N) is 1. The molecule has 0 spiro atoms. The Morgan fingerprint density at radius 2 is 2.12 bits per heavy atom. The Morgan fingerprint density at radius 1 is 1.41 bits per heavy atom. The summed E-state index contributed by atoms with van der Waals surface area (Å²) in [7, 11) is 3.57. The van der Waals surface area contributed by atoms with Gasteiger partial charge in [-0.1, -0.05) is 0 Å². The number of nitriles is 1. The molecule has 1 fully saturated rings. The van der Waals surface area contributed by atoms with Gasteiger partial charge in [-0.05, 0) is 39.7 Å². The van der Waals surface area contributed by atoms with E-state index in [0.29, 0.717) is 25.2 Å². The highest BCUT2D eigenvalue weighted by Gasteiger charge is 2.24. The van der Waals surface area contributed by atoms with E-state index in [1.54, 1.807) is 7.11 Å². The first-order valence-corrected chi connectivity index (χ1v) is 6.38. The molecule has 0 radical (unpaired) electrons. The molecule has 1 aliphatic rings. The van der Waals surface area contributed by atoms with E-state index in [4.69, 9.17) is 14.7 Å². The molecule has 0 heterocycles. The zero-order valence-electron chi connectivity index (χ0n) is 11.2. The Kier molecular flexibility index (Phi) is 5.90. The van der Waals surface area contributed by atoms with Crippen LogP contribution in [0.4, 0.5) is 0 Å². The third-order valence-electron chi connectivity index (χ3n) is 3.67. The highest BCUT2D eigenvalue weighted by molar-refractivity contribution is 5.02. The Morgan fingerprint density at radius 3 is 2.71 bits per heavy atom. The van der Waals surface area contributed by atoms with Crippen LogP contribution in [0.1, 0.15) is 39.0 Å². The van der Waals surface area contributed by atoms with E-state index in [2.05, 4.69) is 11.4 Å². The van der Waals surface area contributed by atoms with Gasteiger partial charge >= 0.3 is 0 Å². The monoisotopic (exact) mass is 240 g/mol. The molecule has 1 rings (SSSR count). The summed E-state index contributed by atoms with van der Waals surface area (Å²) < 4.78 is 11.2. The van der Waals surface area contributed by atoms with Crippen molar-refractivity contribution in [2.75, 3.05) is 20.8 Å². The molecular weight excluding hydrogens is 216 g/mol. The van der Waals surface area contributed by atoms with Crippen molar-refractivity contribution in [2.24, 2.45) is 0 Å². The SMILES string of the molecule is CNC(C)(C#N)CCOC1CCCC(OC)C1. The lowest BCUT2D eigenvalue weighted by atomic mass is 9.94. The maximum atomic E-state index is 9.01. The van der Waals surface area contributed by atoms with Crippen molar-refractivity contribution >= 4 is 0 Å². The Hall–Kier alpha value is -0.630. The first-order chi connectivity index (χ1) is 8.13. The summed E-state index contributed by atoms with van der Waals surface area (Å²) in [6, 6.07) is 2.27. The molecule has 4 nitrogen and oxygen atoms in total. The number of rotatable bonds is 6. The highest BCUT2D eigenvalue weighted by Crippen LogP contribution is 2.23. The Labute approximate surface area is 104 Å². The van der Waals surface area contributed by atoms with E-state index < -0.39 is 5.54 Å². The fraction of sp³-hybridized carbons (Fsp3) is 0.923. The summed E-state index contributed by atoms with van der Waals surface area (Å²) in [6.45, 7) is 2.53. The average molecular weight is 240 g/mol. The van der Waals surface area contributed by atoms with Gasteiger partial charge in [-0.25, -0.2) is 0 Å². The fourth-order valence-corrected chi connectivity index (χ4v) is 2.13. The van der Waals surface area contributed by atoms with E-state index in [0.717, 1.165) is 19.3 Å². The van der Waals surface area contributed by atoms with Gasteiger partial charge in [-0.2, -0.15) is 5.26 Å². The first kappa shape index (κ1) is 14.4. The molecule has 0 aliphatic heterocycles. The molecule has 17 heavy (non-hydrogen) atoms. The summed E-state index contributed by atoms with van der Waals surface area (Å²) in [6.07, 6.45) is 5.78. The standard InChI is InChI=1S/C13H24N2O2/c1-13(10-14,15-2)7-8-17-12-6-4-5-11(9-12)16-3/h11-12,15H,4-9H2,1-3H3. The van der Waals surface area contributed by atoms with Gasteiger partial charge in [0.1, 0.15) is 5.54 Å². The second-order valence-electron chi connectivity index (χ2n) is 4.96. The van der Waals surface area contributed by atoms with Crippen LogP contribution in [0, 0.1) is 11.3 Å². The van der Waals surface area contributed by atoms with Crippen LogP contribution in [0.2, 0.25) is 0 Å². The average Bonchev–Trinajstić information content (AvgIpc) is 2.39. The molecule has 0 aromatic rings. The molecule has 0 aromatic heterocycles. The van der Waals surface area contributed by atoms with Crippen LogP contribution in [-0.2, 0) is 9.47 Å². The number of hydrogen-bond acceptors (Lipinski definition) is 4. The topological polar surface area (TPSA) is 54.3 Å². The lowest BCUT2D eigenvalue weighted by molar-refractivity contribution is -0.0325. The molecule has 1 N–H and O–H groups in total. The minimum absolute atomic E-state index is 0.300. The van der Waals surface area contributed by atoms with E-state index in [1.807, 2.05) is 14.0 Å². The molecule has 3 atom stereocenters. The Balaban J connectivity index is 2.24. The van der Waals surface area contributed by atoms with E-state index >= 15 is 0 Å². The zero-order chi connectivity index (χ0) is 12.7. The second-order valence-corrected chi connectivity index (χ2v) is 4.96. The minimum Gasteiger partial charge on any atom is -0.381 e. The van der Waals surface area contributed by atoms with Crippen LogP contribution < -0.4 is 5.32 Å². The fourth-order valence-electron chi connectivity index (χ4n) is 2.13. The largest absolute Gasteiger partial charge is 0.381 e. The zero-order valence-corrected chi connectivity index (χ0v) is 11.2. The molecular formula is C13H24N2O2. The summed E-state index contributed by atoms with van der Waals surface area (Å²) in [5.74, 6) is 0. The maximum absolute atomic E-state index is 9.01. The number of ether oxygens (including phenoxy) is 2. The normalized spacial score (nSPS) is 28.4. The van der Waals surface area contributed by atoms with Crippen LogP contribution in [0.5, 0.6) is 0 Å². The predicted octanol–water partition coefficient (Wildman–Crippen LogP) is 1.85. The van der Waals surface area contributed by atoms with Gasteiger partial charge in [-0.15, -0.1) is 0 Å². The van der Waals surface area contributed by atoms with Crippen LogP contribution in [0.15, 0.2) is 0 Å². The summed E-state index contributed by atoms with van der Waals surface area (Å²) in [5.41, 5.74) is -0.477. The summed E-state index contributed by atoms with van der Waals surface area (Å²) >= 11 is 0. The number of hydrogen-bond donors (Lipinski definition) is 1. The molecule has 1 aliphatic carbocycles. The van der Waals surface area contributed by atoms with Crippen molar-refractivity contribution in [3.8, 4) is 6.07 Å². The minimum atomic E-state index is -0.477. The van der Waals surface area contributed by atoms with Gasteiger partial charge in [0.15, 0.2) is 0 Å². The molecule has 0 aromatic carbocycles. The van der Waals surface area contributed by atoms with Gasteiger partial charge in [0.05, 0.1) is 18.3 Å². The van der Waals surface area contributed by atoms with Gasteiger partial charge < -0.3 is 14.8 Å². The lowest BCUT2D eigenvalue weighted by Crippen LogP contribution is -2.39. The molecule has 0 amide bonds. The molecule has 0 bridgehead atoms. The second kappa shape index (κ2) is 6.95. The molecule has 0 saturated heterocycles. The van der Waals surface area contributed by atoms with Crippen molar-refractivity contribution < 1.29 is 9.47 Å². The van der Waals surface area contributed by atoms with Crippen molar-refractivity contribution in [1.29, 1.82) is 5.26 Å². The van der Waals surface area contributed by atoms with Crippen LogP contribution >= 0.6 is 0 Å². The quantitative estimate of drug-likeness (QED) is 0.770. The molecule has 3 unspecified atom stereocenters. The molecule has 4 heteroatoms. The molecule has 98 valence electrons. The Bertz CT molecular complexity index is 265. The number of methoxy groups -OCH3 is 1. The van der Waals surface area contributed by atoms with Crippen LogP contribution in [0.25, 0.3) is 0 Å². The summed E-state index contributed by atoms with van der Waals surface area (Å²) in [4.78, 5) is 0. The van der Waals surface area contributed by atoms with Crippen molar-refractivity contribution in [1.82, 2.24) is 5.32 Å². The molecule has 1 saturated carbocycles. The van der Waals surface area contributed by atoms with Gasteiger partial charge in [-0.3, -0.25) is 0 Å². The predicted molar refractivity (Wildman–Crippen MR) is 66.7 cm³/mol. The van der Waals surface area contributed by atoms with Crippen LogP contribution in [0.3, 0.4) is 0 Å². The van der Waals surface area contributed by atoms with Gasteiger partial charge in [0, 0.05) is 20.1 Å². The number of nitrogens with one attached hydrogen (secondary N) is 1. The van der Waals surface area contributed by atoms with Crippen molar-refractivity contribution in [3.63, 3.8) is 0 Å². The van der Waals surface area contributed by atoms with E-state index in [9.17, 15) is 0 Å². The first-order valence-electron chi connectivity index (χ1n) is 6.38. The van der Waals surface area contributed by atoms with Gasteiger partial charge in [0.2, 0.25) is 0 Å². The van der Waals surface area contributed by atoms with E-state index in [-0.39, 0.29) is 0 Å². The van der Waals surface area contributed by atoms with Crippen molar-refractivity contribution in [3.05, 3.63) is 0 Å². The third-order valence-corrected chi connectivity index (χ3v) is 3.67. The maximum Gasteiger partial charge on any atom is 0.105 e. The lowest BCUT2D eigenvalue weighted by Gasteiger charge is -2.29. The third kappa shape index (κ3) is 4.63. The smallest absolute Gasteiger partial charge is 0.105 e.